The van der Waals surface area contributed by atoms with Gasteiger partial charge in [0.1, 0.15) is 0 Å². The van der Waals surface area contributed by atoms with Crippen LogP contribution in [0, 0.1) is 5.92 Å². The number of hydrogen-bond acceptors (Lipinski definition) is 3. The predicted molar refractivity (Wildman–Crippen MR) is 122 cm³/mol. The smallest absolute Gasteiger partial charge is 0.237 e. The van der Waals surface area contributed by atoms with Crippen LogP contribution in [0.3, 0.4) is 0 Å². The Balaban J connectivity index is 1.12. The highest BCUT2D eigenvalue weighted by Crippen LogP contribution is 2.35. The molecule has 0 spiro atoms. The van der Waals surface area contributed by atoms with Crippen LogP contribution in [0.2, 0.25) is 0 Å². The highest BCUT2D eigenvalue weighted by atomic mass is 16.2. The van der Waals surface area contributed by atoms with Crippen molar-refractivity contribution in [3.63, 3.8) is 0 Å². The third-order valence-corrected chi connectivity index (χ3v) is 7.66. The van der Waals surface area contributed by atoms with Gasteiger partial charge in [-0.2, -0.15) is 0 Å². The summed E-state index contributed by atoms with van der Waals surface area (Å²) in [5.74, 6) is 1.21. The van der Waals surface area contributed by atoms with Crippen LogP contribution in [0.15, 0.2) is 30.5 Å². The van der Waals surface area contributed by atoms with Crippen LogP contribution in [0.25, 0.3) is 10.9 Å². The zero-order chi connectivity index (χ0) is 21.2. The second-order valence-corrected chi connectivity index (χ2v) is 9.53. The summed E-state index contributed by atoms with van der Waals surface area (Å²) in [7, 11) is 0. The number of piperidine rings is 1. The maximum Gasteiger partial charge on any atom is 0.237 e. The quantitative estimate of drug-likeness (QED) is 0.824. The molecule has 1 aromatic carbocycles. The van der Waals surface area contributed by atoms with E-state index in [1.165, 1.54) is 32.1 Å². The van der Waals surface area contributed by atoms with Gasteiger partial charge in [0.15, 0.2) is 0 Å². The summed E-state index contributed by atoms with van der Waals surface area (Å²) in [6.07, 6.45) is 9.92. The molecule has 1 N–H and O–H groups in total. The van der Waals surface area contributed by atoms with Gasteiger partial charge in [-0.25, -0.2) is 0 Å². The molecule has 3 aliphatic rings. The number of aromatic amines is 1. The number of hydrogen-bond donors (Lipinski definition) is 1. The van der Waals surface area contributed by atoms with Gasteiger partial charge < -0.3 is 14.8 Å². The molecule has 31 heavy (non-hydrogen) atoms. The van der Waals surface area contributed by atoms with Crippen molar-refractivity contribution < 1.29 is 9.59 Å². The zero-order valence-electron chi connectivity index (χ0n) is 18.4. The van der Waals surface area contributed by atoms with Crippen molar-refractivity contribution in [2.45, 2.75) is 51.0 Å². The SMILES string of the molecule is O=C(Cc1c[nH]c2ccccc12)N1CCN(CC(=O)N2CCCC3CCCCC32)CC1. The lowest BCUT2D eigenvalue weighted by Crippen LogP contribution is -2.55. The molecule has 5 rings (SSSR count). The Kier molecular flexibility index (Phi) is 5.99. The Bertz CT molecular complexity index is 928. The van der Waals surface area contributed by atoms with Crippen LogP contribution < -0.4 is 0 Å². The van der Waals surface area contributed by atoms with Crippen molar-refractivity contribution in [3.8, 4) is 0 Å². The van der Waals surface area contributed by atoms with Gasteiger partial charge in [0.2, 0.25) is 11.8 Å². The molecule has 3 fully saturated rings. The van der Waals surface area contributed by atoms with E-state index in [2.05, 4.69) is 20.9 Å². The molecule has 6 heteroatoms. The molecule has 1 saturated carbocycles. The van der Waals surface area contributed by atoms with Crippen molar-refractivity contribution >= 4 is 22.7 Å². The van der Waals surface area contributed by atoms with Gasteiger partial charge >= 0.3 is 0 Å². The summed E-state index contributed by atoms with van der Waals surface area (Å²) in [4.78, 5) is 35.6. The van der Waals surface area contributed by atoms with E-state index in [4.69, 9.17) is 0 Å². The molecule has 1 aromatic heterocycles. The first kappa shape index (κ1) is 20.6. The molecule has 2 aromatic rings. The fourth-order valence-electron chi connectivity index (χ4n) is 5.92. The van der Waals surface area contributed by atoms with E-state index >= 15 is 0 Å². The Morgan fingerprint density at radius 1 is 0.903 bits per heavy atom. The topological polar surface area (TPSA) is 59.7 Å². The van der Waals surface area contributed by atoms with Crippen molar-refractivity contribution in [2.24, 2.45) is 5.92 Å². The van der Waals surface area contributed by atoms with Gasteiger partial charge in [-0.15, -0.1) is 0 Å². The zero-order valence-corrected chi connectivity index (χ0v) is 18.4. The highest BCUT2D eigenvalue weighted by molar-refractivity contribution is 5.89. The van der Waals surface area contributed by atoms with E-state index in [0.717, 1.165) is 48.4 Å². The second-order valence-electron chi connectivity index (χ2n) is 9.53. The first-order chi connectivity index (χ1) is 15.2. The number of carbonyl (C=O) groups is 2. The molecule has 2 amide bonds. The van der Waals surface area contributed by atoms with Gasteiger partial charge in [0.25, 0.3) is 0 Å². The molecule has 2 saturated heterocycles. The van der Waals surface area contributed by atoms with Crippen molar-refractivity contribution in [3.05, 3.63) is 36.0 Å². The lowest BCUT2D eigenvalue weighted by Gasteiger charge is -2.45. The number of likely N-dealkylation sites (tertiary alicyclic amines) is 1. The third kappa shape index (κ3) is 4.36. The fourth-order valence-corrected chi connectivity index (χ4v) is 5.92. The van der Waals surface area contributed by atoms with Crippen molar-refractivity contribution in [2.75, 3.05) is 39.3 Å². The summed E-state index contributed by atoms with van der Waals surface area (Å²) in [5, 5.41) is 1.13. The van der Waals surface area contributed by atoms with Gasteiger partial charge in [0, 0.05) is 55.9 Å². The van der Waals surface area contributed by atoms with Crippen molar-refractivity contribution in [1.82, 2.24) is 19.7 Å². The number of benzene rings is 1. The molecule has 0 bridgehead atoms. The molecule has 166 valence electrons. The number of rotatable bonds is 4. The third-order valence-electron chi connectivity index (χ3n) is 7.66. The van der Waals surface area contributed by atoms with Crippen LogP contribution in [-0.4, -0.2) is 76.8 Å². The minimum Gasteiger partial charge on any atom is -0.361 e. The summed E-state index contributed by atoms with van der Waals surface area (Å²) in [5.41, 5.74) is 2.14. The van der Waals surface area contributed by atoms with E-state index < -0.39 is 0 Å². The summed E-state index contributed by atoms with van der Waals surface area (Å²) in [6.45, 7) is 4.43. The normalized spacial score (nSPS) is 24.9. The van der Waals surface area contributed by atoms with Gasteiger partial charge in [-0.1, -0.05) is 31.0 Å². The molecular formula is C25H34N4O2. The number of para-hydroxylation sites is 1. The number of nitrogens with zero attached hydrogens (tertiary/aromatic N) is 3. The van der Waals surface area contributed by atoms with E-state index in [1.807, 2.05) is 29.3 Å². The lowest BCUT2D eigenvalue weighted by molar-refractivity contribution is -0.139. The lowest BCUT2D eigenvalue weighted by atomic mass is 9.78. The van der Waals surface area contributed by atoms with E-state index in [0.29, 0.717) is 38.0 Å². The monoisotopic (exact) mass is 422 g/mol. The van der Waals surface area contributed by atoms with E-state index in [-0.39, 0.29) is 5.91 Å². The molecule has 2 aliphatic heterocycles. The van der Waals surface area contributed by atoms with Crippen LogP contribution in [0.4, 0.5) is 0 Å². The van der Waals surface area contributed by atoms with Crippen LogP contribution in [-0.2, 0) is 16.0 Å². The molecule has 1 aliphatic carbocycles. The van der Waals surface area contributed by atoms with Gasteiger partial charge in [-0.3, -0.25) is 14.5 Å². The number of fused-ring (bicyclic) bond motifs is 2. The molecule has 2 atom stereocenters. The summed E-state index contributed by atoms with van der Waals surface area (Å²) >= 11 is 0. The largest absolute Gasteiger partial charge is 0.361 e. The van der Waals surface area contributed by atoms with E-state index in [1.54, 1.807) is 0 Å². The second kappa shape index (κ2) is 9.03. The first-order valence-electron chi connectivity index (χ1n) is 12.0. The maximum absolute atomic E-state index is 13.1. The maximum atomic E-state index is 13.1. The van der Waals surface area contributed by atoms with Gasteiger partial charge in [0.05, 0.1) is 13.0 Å². The minimum absolute atomic E-state index is 0.178. The predicted octanol–water partition coefficient (Wildman–Crippen LogP) is 3.04. The number of aromatic nitrogens is 1. The number of carbonyl (C=O) groups excluding carboxylic acids is 2. The first-order valence-corrected chi connectivity index (χ1v) is 12.0. The fraction of sp³-hybridized carbons (Fsp3) is 0.600. The minimum atomic E-state index is 0.178. The Morgan fingerprint density at radius 3 is 2.55 bits per heavy atom. The van der Waals surface area contributed by atoms with Crippen LogP contribution in [0.1, 0.15) is 44.1 Å². The van der Waals surface area contributed by atoms with Crippen LogP contribution >= 0.6 is 0 Å². The van der Waals surface area contributed by atoms with Gasteiger partial charge in [-0.05, 0) is 43.2 Å². The highest BCUT2D eigenvalue weighted by Gasteiger charge is 2.36. The average Bonchev–Trinajstić information content (AvgIpc) is 3.22. The number of amides is 2. The molecule has 6 nitrogen and oxygen atoms in total. The summed E-state index contributed by atoms with van der Waals surface area (Å²) in [6, 6.07) is 8.60. The number of piperazine rings is 1. The Hall–Kier alpha value is -2.34. The van der Waals surface area contributed by atoms with Crippen molar-refractivity contribution in [1.29, 1.82) is 0 Å². The summed E-state index contributed by atoms with van der Waals surface area (Å²) < 4.78 is 0. The molecule has 0 radical (unpaired) electrons. The molecule has 3 heterocycles. The number of H-pyrrole nitrogens is 1. The standard InChI is InChI=1S/C25H34N4O2/c30-24(16-20-17-26-22-9-3-2-8-21(20)22)28-14-12-27(13-15-28)18-25(31)29-11-5-7-19-6-1-4-10-23(19)29/h2-3,8-9,17,19,23,26H,1,4-7,10-16,18H2. The van der Waals surface area contributed by atoms with Crippen LogP contribution in [0.5, 0.6) is 0 Å². The molecule has 2 unspecified atom stereocenters. The van der Waals surface area contributed by atoms with E-state index in [9.17, 15) is 9.59 Å². The Labute approximate surface area is 184 Å². The number of nitrogens with one attached hydrogen (secondary N) is 1. The average molecular weight is 423 g/mol. The molecular weight excluding hydrogens is 388 g/mol. The Morgan fingerprint density at radius 2 is 1.68 bits per heavy atom.